The van der Waals surface area contributed by atoms with Crippen molar-refractivity contribution in [3.63, 3.8) is 0 Å². The molecule has 1 unspecified atom stereocenters. The number of carbonyl (C=O) groups is 1. The van der Waals surface area contributed by atoms with Gasteiger partial charge in [-0.15, -0.1) is 0 Å². The Morgan fingerprint density at radius 3 is 2.75 bits per heavy atom. The number of hydrogen-bond acceptors (Lipinski definition) is 7. The number of benzene rings is 1. The lowest BCUT2D eigenvalue weighted by Crippen LogP contribution is -2.48. The van der Waals surface area contributed by atoms with E-state index in [9.17, 15) is 9.90 Å². The molecular formula is C27H34N6O3. The molecule has 190 valence electrons. The number of ether oxygens (including phenoxy) is 1. The van der Waals surface area contributed by atoms with Crippen LogP contribution in [0.4, 0.5) is 4.79 Å². The predicted octanol–water partition coefficient (Wildman–Crippen LogP) is 2.50. The minimum Gasteiger partial charge on any atom is -0.418 e. The van der Waals surface area contributed by atoms with E-state index in [0.717, 1.165) is 47.6 Å². The fraction of sp³-hybridized carbons (Fsp3) is 0.370. The van der Waals surface area contributed by atoms with Crippen LogP contribution >= 0.6 is 0 Å². The second-order valence-electron chi connectivity index (χ2n) is 9.57. The molecule has 0 radical (unpaired) electrons. The van der Waals surface area contributed by atoms with Crippen LogP contribution in [0.25, 0.3) is 17.7 Å². The Kier molecular flexibility index (Phi) is 7.53. The number of aromatic nitrogens is 1. The number of fused-ring (bicyclic) bond motifs is 2. The maximum absolute atomic E-state index is 11.3. The van der Waals surface area contributed by atoms with Gasteiger partial charge in [0, 0.05) is 65.4 Å². The molecule has 1 aromatic heterocycles. The molecule has 9 heteroatoms. The Morgan fingerprint density at radius 2 is 2.06 bits per heavy atom. The molecule has 1 aliphatic heterocycles. The second-order valence-corrected chi connectivity index (χ2v) is 9.57. The fourth-order valence-electron chi connectivity index (χ4n) is 4.46. The normalized spacial score (nSPS) is 18.2. The summed E-state index contributed by atoms with van der Waals surface area (Å²) in [4.78, 5) is 19.2. The van der Waals surface area contributed by atoms with E-state index in [4.69, 9.17) is 15.9 Å². The minimum atomic E-state index is -1.39. The number of pyridine rings is 1. The average molecular weight is 491 g/mol. The molecule has 5 N–H and O–H groups in total. The Bertz CT molecular complexity index is 1190. The summed E-state index contributed by atoms with van der Waals surface area (Å²) in [6, 6.07) is 10.2. The largest absolute Gasteiger partial charge is 0.418 e. The number of aliphatic hydroxyl groups is 1. The molecule has 0 saturated carbocycles. The molecule has 2 aliphatic carbocycles. The molecule has 2 bridgehead atoms. The van der Waals surface area contributed by atoms with Gasteiger partial charge in [0.2, 0.25) is 5.79 Å². The van der Waals surface area contributed by atoms with Crippen molar-refractivity contribution in [1.82, 2.24) is 20.1 Å². The van der Waals surface area contributed by atoms with E-state index in [0.29, 0.717) is 13.1 Å². The lowest BCUT2D eigenvalue weighted by atomic mass is 9.94. The van der Waals surface area contributed by atoms with Gasteiger partial charge < -0.3 is 30.7 Å². The van der Waals surface area contributed by atoms with E-state index in [1.807, 2.05) is 19.3 Å². The van der Waals surface area contributed by atoms with Crippen LogP contribution in [-0.4, -0.2) is 77.4 Å². The zero-order chi connectivity index (χ0) is 25.9. The molecule has 2 aromatic rings. The highest BCUT2D eigenvalue weighted by atomic mass is 16.7. The van der Waals surface area contributed by atoms with E-state index in [-0.39, 0.29) is 6.04 Å². The van der Waals surface area contributed by atoms with Gasteiger partial charge in [0.1, 0.15) is 0 Å². The highest BCUT2D eigenvalue weighted by molar-refractivity contribution is 5.92. The third-order valence-corrected chi connectivity index (χ3v) is 6.32. The van der Waals surface area contributed by atoms with Gasteiger partial charge >= 0.3 is 6.09 Å². The number of nitrogens with two attached hydrogens (primary N) is 1. The molecule has 1 aromatic carbocycles. The summed E-state index contributed by atoms with van der Waals surface area (Å²) in [7, 11) is 1.86. The SMILES string of the molecule is CC(C)(O)OC(=O)N1CCNCC1.CN(C=N)C1=Cc2ccc3c(c2)C(=Cc2cccnc2C3)C1N. The number of nitrogens with one attached hydrogen (secondary N) is 2. The molecule has 9 nitrogen and oxygen atoms in total. The summed E-state index contributed by atoms with van der Waals surface area (Å²) in [5, 5.41) is 19.9. The number of piperazine rings is 1. The van der Waals surface area contributed by atoms with Crippen LogP contribution in [0.5, 0.6) is 0 Å². The molecule has 2 heterocycles. The Balaban J connectivity index is 0.000000200. The topological polar surface area (TPSA) is 128 Å². The first-order valence-corrected chi connectivity index (χ1v) is 12.1. The number of amides is 1. The minimum absolute atomic E-state index is 0.272. The second kappa shape index (κ2) is 10.6. The molecule has 36 heavy (non-hydrogen) atoms. The maximum Gasteiger partial charge on any atom is 0.412 e. The Labute approximate surface area is 211 Å². The molecule has 3 aliphatic rings. The zero-order valence-electron chi connectivity index (χ0n) is 21.0. The Morgan fingerprint density at radius 1 is 1.31 bits per heavy atom. The Hall–Kier alpha value is -3.53. The summed E-state index contributed by atoms with van der Waals surface area (Å²) < 4.78 is 4.79. The van der Waals surface area contributed by atoms with Crippen LogP contribution in [0.2, 0.25) is 0 Å². The summed E-state index contributed by atoms with van der Waals surface area (Å²) in [6.45, 7) is 5.70. The summed E-state index contributed by atoms with van der Waals surface area (Å²) >= 11 is 0. The van der Waals surface area contributed by atoms with Crippen molar-refractivity contribution in [2.24, 2.45) is 5.73 Å². The monoisotopic (exact) mass is 490 g/mol. The van der Waals surface area contributed by atoms with Crippen molar-refractivity contribution in [3.8, 4) is 0 Å². The van der Waals surface area contributed by atoms with Gasteiger partial charge in [-0.2, -0.15) is 0 Å². The van der Waals surface area contributed by atoms with E-state index >= 15 is 0 Å². The van der Waals surface area contributed by atoms with Crippen molar-refractivity contribution in [1.29, 1.82) is 5.41 Å². The van der Waals surface area contributed by atoms with Crippen LogP contribution in [0.3, 0.4) is 0 Å². The third kappa shape index (κ3) is 5.81. The third-order valence-electron chi connectivity index (χ3n) is 6.32. The number of likely N-dealkylation sites (N-methyl/N-ethyl adjacent to an activating group) is 1. The van der Waals surface area contributed by atoms with Crippen molar-refractivity contribution in [3.05, 3.63) is 70.2 Å². The quantitative estimate of drug-likeness (QED) is 0.296. The van der Waals surface area contributed by atoms with Crippen molar-refractivity contribution in [2.45, 2.75) is 32.1 Å². The molecule has 1 amide bonds. The number of nitrogens with zero attached hydrogens (tertiary/aromatic N) is 3. The van der Waals surface area contributed by atoms with Gasteiger partial charge in [0.15, 0.2) is 0 Å². The number of rotatable bonds is 3. The van der Waals surface area contributed by atoms with E-state index in [1.54, 1.807) is 9.80 Å². The van der Waals surface area contributed by atoms with Gasteiger partial charge in [-0.25, -0.2) is 4.79 Å². The van der Waals surface area contributed by atoms with Crippen molar-refractivity contribution < 1.29 is 14.6 Å². The molecule has 1 fully saturated rings. The summed E-state index contributed by atoms with van der Waals surface area (Å²) in [5.41, 5.74) is 14.4. The van der Waals surface area contributed by atoms with E-state index in [2.05, 4.69) is 46.7 Å². The lowest BCUT2D eigenvalue weighted by Gasteiger charge is -2.29. The predicted molar refractivity (Wildman–Crippen MR) is 141 cm³/mol. The smallest absolute Gasteiger partial charge is 0.412 e. The van der Waals surface area contributed by atoms with Gasteiger partial charge in [-0.1, -0.05) is 18.2 Å². The van der Waals surface area contributed by atoms with Crippen molar-refractivity contribution >= 4 is 30.2 Å². The first-order chi connectivity index (χ1) is 17.2. The molecule has 0 spiro atoms. The first-order valence-electron chi connectivity index (χ1n) is 12.1. The number of carbonyl (C=O) groups excluding carboxylic acids is 1. The van der Waals surface area contributed by atoms with Crippen molar-refractivity contribution in [2.75, 3.05) is 33.2 Å². The van der Waals surface area contributed by atoms with Gasteiger partial charge in [0.05, 0.1) is 18.1 Å². The summed E-state index contributed by atoms with van der Waals surface area (Å²) in [5.74, 6) is -1.39. The van der Waals surface area contributed by atoms with Crippen LogP contribution in [0.1, 0.15) is 41.8 Å². The molecule has 1 saturated heterocycles. The van der Waals surface area contributed by atoms with Crippen LogP contribution in [-0.2, 0) is 11.2 Å². The van der Waals surface area contributed by atoms with E-state index < -0.39 is 11.9 Å². The van der Waals surface area contributed by atoms with Crippen LogP contribution in [0, 0.1) is 5.41 Å². The maximum atomic E-state index is 11.3. The first kappa shape index (κ1) is 25.6. The number of hydrogen-bond donors (Lipinski definition) is 4. The van der Waals surface area contributed by atoms with E-state index in [1.165, 1.54) is 31.3 Å². The average Bonchev–Trinajstić information content (AvgIpc) is 3.08. The molecule has 5 rings (SSSR count). The zero-order valence-corrected chi connectivity index (χ0v) is 21.0. The highest BCUT2D eigenvalue weighted by Gasteiger charge is 2.27. The van der Waals surface area contributed by atoms with Crippen LogP contribution < -0.4 is 11.1 Å². The highest BCUT2D eigenvalue weighted by Crippen LogP contribution is 2.36. The van der Waals surface area contributed by atoms with Gasteiger partial charge in [-0.3, -0.25) is 10.4 Å². The standard InChI is InChI=1S/C19H18N4.C8H16N2O3/c1-23(11-20)18-8-12-4-5-13-10-17-14(3-2-6-22-17)9-16(19(18)21)15(13)7-12;1-8(2,12)13-7(11)10-5-3-9-4-6-10/h2-9,11,19-20H,10,21H2,1H3;9,12H,3-6H2,1-2H3. The van der Waals surface area contributed by atoms with Gasteiger partial charge in [0.25, 0.3) is 0 Å². The lowest BCUT2D eigenvalue weighted by molar-refractivity contribution is -0.139. The van der Waals surface area contributed by atoms with Gasteiger partial charge in [-0.05, 0) is 52.1 Å². The molecule has 1 atom stereocenters. The molecular weight excluding hydrogens is 456 g/mol. The van der Waals surface area contributed by atoms with Crippen LogP contribution in [0.15, 0.2) is 42.2 Å². The summed E-state index contributed by atoms with van der Waals surface area (Å²) in [6.07, 6.45) is 7.72. The fourth-order valence-corrected chi connectivity index (χ4v) is 4.46.